The molecule has 0 aliphatic carbocycles. The number of fused-ring (bicyclic) bond motifs is 5. The number of imide groups is 1. The van der Waals surface area contributed by atoms with Gasteiger partial charge in [0.15, 0.2) is 5.11 Å². The summed E-state index contributed by atoms with van der Waals surface area (Å²) in [5.41, 5.74) is 1.93. The Labute approximate surface area is 186 Å². The Morgan fingerprint density at radius 1 is 1.06 bits per heavy atom. The highest BCUT2D eigenvalue weighted by molar-refractivity contribution is 7.80. The van der Waals surface area contributed by atoms with E-state index in [9.17, 15) is 9.59 Å². The molecule has 31 heavy (non-hydrogen) atoms. The van der Waals surface area contributed by atoms with Crippen LogP contribution in [-0.4, -0.2) is 35.2 Å². The third-order valence-electron chi connectivity index (χ3n) is 6.27. The molecule has 158 valence electrons. The second-order valence-corrected chi connectivity index (χ2v) is 8.68. The molecule has 3 aliphatic rings. The first kappa shape index (κ1) is 19.9. The molecule has 0 saturated carbocycles. The van der Waals surface area contributed by atoms with Crippen LogP contribution in [-0.2, 0) is 20.9 Å². The van der Waals surface area contributed by atoms with Crippen molar-refractivity contribution in [2.45, 2.75) is 25.2 Å². The lowest BCUT2D eigenvalue weighted by Crippen LogP contribution is -2.50. The van der Waals surface area contributed by atoms with Gasteiger partial charge in [0.2, 0.25) is 11.8 Å². The summed E-state index contributed by atoms with van der Waals surface area (Å²) in [7, 11) is 0. The number of anilines is 1. The highest BCUT2D eigenvalue weighted by Crippen LogP contribution is 2.52. The fourth-order valence-corrected chi connectivity index (χ4v) is 4.86. The van der Waals surface area contributed by atoms with Gasteiger partial charge in [-0.1, -0.05) is 60.2 Å². The van der Waals surface area contributed by atoms with E-state index in [0.717, 1.165) is 11.1 Å². The maximum atomic E-state index is 13.3. The van der Waals surface area contributed by atoms with Crippen molar-refractivity contribution in [3.8, 4) is 0 Å². The summed E-state index contributed by atoms with van der Waals surface area (Å²) in [6.45, 7) is 2.89. The summed E-state index contributed by atoms with van der Waals surface area (Å²) in [6.07, 6.45) is 3.42. The zero-order chi connectivity index (χ0) is 21.6. The van der Waals surface area contributed by atoms with Crippen molar-refractivity contribution in [1.82, 2.24) is 10.6 Å². The lowest BCUT2D eigenvalue weighted by molar-refractivity contribution is -0.126. The van der Waals surface area contributed by atoms with Crippen molar-refractivity contribution in [1.29, 1.82) is 0 Å². The molecule has 0 radical (unpaired) electrons. The molecule has 2 bridgehead atoms. The number of amides is 2. The first-order valence-corrected chi connectivity index (χ1v) is 10.8. The van der Waals surface area contributed by atoms with Gasteiger partial charge in [-0.3, -0.25) is 9.59 Å². The van der Waals surface area contributed by atoms with E-state index in [1.165, 1.54) is 4.90 Å². The molecule has 2 aromatic carbocycles. The molecular formula is C24H23N3O3S. The van der Waals surface area contributed by atoms with Crippen LogP contribution in [0.3, 0.4) is 0 Å². The van der Waals surface area contributed by atoms with Gasteiger partial charge in [0.25, 0.3) is 0 Å². The molecule has 3 aliphatic heterocycles. The number of nitrogens with one attached hydrogen (secondary N) is 2. The highest BCUT2D eigenvalue weighted by Gasteiger charge is 2.67. The predicted octanol–water partition coefficient (Wildman–Crippen LogP) is 2.47. The van der Waals surface area contributed by atoms with E-state index in [4.69, 9.17) is 17.0 Å². The quantitative estimate of drug-likeness (QED) is 0.429. The van der Waals surface area contributed by atoms with E-state index >= 15 is 0 Å². The Balaban J connectivity index is 1.29. The molecule has 0 aromatic heterocycles. The smallest absolute Gasteiger partial charge is 0.241 e. The molecule has 2 N–H and O–H groups in total. The number of rotatable bonds is 5. The third kappa shape index (κ3) is 3.34. The van der Waals surface area contributed by atoms with Crippen LogP contribution < -0.4 is 15.5 Å². The van der Waals surface area contributed by atoms with E-state index in [2.05, 4.69) is 10.6 Å². The van der Waals surface area contributed by atoms with Crippen LogP contribution in [0.5, 0.6) is 0 Å². The van der Waals surface area contributed by atoms with Crippen LogP contribution in [0.2, 0.25) is 0 Å². The number of aryl methyl sites for hydroxylation is 1. The topological polar surface area (TPSA) is 70.7 Å². The lowest BCUT2D eigenvalue weighted by atomic mass is 9.77. The molecule has 2 saturated heterocycles. The van der Waals surface area contributed by atoms with E-state index in [-0.39, 0.29) is 17.9 Å². The van der Waals surface area contributed by atoms with Crippen molar-refractivity contribution < 1.29 is 14.3 Å². The van der Waals surface area contributed by atoms with E-state index < -0.39 is 17.4 Å². The molecule has 7 heteroatoms. The number of nitrogens with zero attached hydrogens (tertiary/aromatic N) is 1. The predicted molar refractivity (Wildman–Crippen MR) is 121 cm³/mol. The second kappa shape index (κ2) is 7.59. The van der Waals surface area contributed by atoms with Gasteiger partial charge in [-0.2, -0.15) is 0 Å². The van der Waals surface area contributed by atoms with Gasteiger partial charge in [0.05, 0.1) is 30.2 Å². The summed E-state index contributed by atoms with van der Waals surface area (Å²) in [4.78, 5) is 27.8. The van der Waals surface area contributed by atoms with Crippen LogP contribution in [0.4, 0.5) is 5.69 Å². The number of hydrogen-bond acceptors (Lipinski definition) is 4. The summed E-state index contributed by atoms with van der Waals surface area (Å²) >= 11 is 5.42. The Morgan fingerprint density at radius 2 is 1.81 bits per heavy atom. The molecule has 0 spiro atoms. The maximum Gasteiger partial charge on any atom is 0.241 e. The monoisotopic (exact) mass is 433 g/mol. The van der Waals surface area contributed by atoms with E-state index in [0.29, 0.717) is 23.9 Å². The SMILES string of the molecule is Cc1ccc(N2C(=O)[C@H]3[C@H]4C=C[C@@](CNC(=S)NCc5ccccc5)(O4)[C@H]3C2=O)cc1. The highest BCUT2D eigenvalue weighted by atomic mass is 32.1. The molecule has 2 aromatic rings. The van der Waals surface area contributed by atoms with Crippen LogP contribution >= 0.6 is 12.2 Å². The van der Waals surface area contributed by atoms with E-state index in [1.54, 1.807) is 0 Å². The summed E-state index contributed by atoms with van der Waals surface area (Å²) in [5.74, 6) is -1.46. The van der Waals surface area contributed by atoms with Crippen LogP contribution in [0, 0.1) is 18.8 Å². The number of ether oxygens (including phenoxy) is 1. The van der Waals surface area contributed by atoms with Gasteiger partial charge in [0, 0.05) is 6.54 Å². The van der Waals surface area contributed by atoms with Gasteiger partial charge < -0.3 is 15.4 Å². The average molecular weight is 434 g/mol. The molecule has 2 amide bonds. The zero-order valence-electron chi connectivity index (χ0n) is 17.1. The minimum absolute atomic E-state index is 0.195. The first-order chi connectivity index (χ1) is 15.0. The minimum atomic E-state index is -0.875. The summed E-state index contributed by atoms with van der Waals surface area (Å²) < 4.78 is 6.15. The summed E-state index contributed by atoms with van der Waals surface area (Å²) in [5, 5.41) is 6.84. The zero-order valence-corrected chi connectivity index (χ0v) is 17.9. The van der Waals surface area contributed by atoms with Gasteiger partial charge in [-0.25, -0.2) is 4.90 Å². The average Bonchev–Trinajstić information content (AvgIpc) is 3.43. The number of benzene rings is 2. The fraction of sp³-hybridized carbons (Fsp3) is 0.292. The van der Waals surface area contributed by atoms with Crippen LogP contribution in [0.25, 0.3) is 0 Å². The van der Waals surface area contributed by atoms with Crippen molar-refractivity contribution in [3.63, 3.8) is 0 Å². The normalized spacial score (nSPS) is 28.2. The van der Waals surface area contributed by atoms with Crippen molar-refractivity contribution in [2.75, 3.05) is 11.4 Å². The fourth-order valence-electron chi connectivity index (χ4n) is 4.71. The van der Waals surface area contributed by atoms with E-state index in [1.807, 2.05) is 73.7 Å². The Kier molecular flexibility index (Phi) is 4.87. The van der Waals surface area contributed by atoms with Crippen LogP contribution in [0.15, 0.2) is 66.7 Å². The third-order valence-corrected chi connectivity index (χ3v) is 6.56. The van der Waals surface area contributed by atoms with Crippen molar-refractivity contribution in [2.24, 2.45) is 11.8 Å². The number of carbonyl (C=O) groups excluding carboxylic acids is 2. The second-order valence-electron chi connectivity index (χ2n) is 8.27. The molecule has 0 unspecified atom stereocenters. The Hall–Kier alpha value is -3.03. The van der Waals surface area contributed by atoms with Gasteiger partial charge in [0.1, 0.15) is 5.60 Å². The molecule has 4 atom stereocenters. The van der Waals surface area contributed by atoms with Gasteiger partial charge >= 0.3 is 0 Å². The van der Waals surface area contributed by atoms with Crippen molar-refractivity contribution >= 4 is 34.8 Å². The molecule has 6 nitrogen and oxygen atoms in total. The number of thiocarbonyl (C=S) groups is 1. The Bertz CT molecular complexity index is 1070. The number of hydrogen-bond donors (Lipinski definition) is 2. The molecular weight excluding hydrogens is 410 g/mol. The molecule has 5 rings (SSSR count). The first-order valence-electron chi connectivity index (χ1n) is 10.4. The molecule has 2 fully saturated rings. The lowest BCUT2D eigenvalue weighted by Gasteiger charge is -2.29. The largest absolute Gasteiger partial charge is 0.360 e. The molecule has 3 heterocycles. The standard InChI is InChI=1S/C24H23N3O3S/c1-15-7-9-17(10-8-15)27-21(28)19-18-11-12-24(30-18,20(19)22(27)29)14-26-23(31)25-13-16-5-3-2-4-6-16/h2-12,18-20H,13-14H2,1H3,(H2,25,26,31)/t18-,19+,20-,24+/m1/s1. The van der Waals surface area contributed by atoms with Gasteiger partial charge in [-0.15, -0.1) is 0 Å². The number of carbonyl (C=O) groups is 2. The van der Waals surface area contributed by atoms with Crippen LogP contribution in [0.1, 0.15) is 11.1 Å². The van der Waals surface area contributed by atoms with Gasteiger partial charge in [-0.05, 0) is 36.8 Å². The Morgan fingerprint density at radius 3 is 2.55 bits per heavy atom. The summed E-state index contributed by atoms with van der Waals surface area (Å²) in [6, 6.07) is 17.4. The maximum absolute atomic E-state index is 13.3. The minimum Gasteiger partial charge on any atom is -0.360 e. The van der Waals surface area contributed by atoms with Crippen molar-refractivity contribution in [3.05, 3.63) is 77.9 Å².